The molecule has 1 fully saturated rings. The first-order valence-electron chi connectivity index (χ1n) is 8.38. The molecule has 1 aromatic rings. The van der Waals surface area contributed by atoms with E-state index in [2.05, 4.69) is 5.32 Å². The fourth-order valence-electron chi connectivity index (χ4n) is 2.81. The summed E-state index contributed by atoms with van der Waals surface area (Å²) in [4.78, 5) is 25.7. The van der Waals surface area contributed by atoms with Gasteiger partial charge < -0.3 is 14.6 Å². The number of aryl methyl sites for hydroxylation is 1. The van der Waals surface area contributed by atoms with Gasteiger partial charge in [-0.1, -0.05) is 6.92 Å². The van der Waals surface area contributed by atoms with Crippen LogP contribution in [0.4, 0.5) is 0 Å². The molecular weight excluding hydrogens is 292 g/mol. The Hall–Kier alpha value is -2.04. The van der Waals surface area contributed by atoms with Gasteiger partial charge in [-0.2, -0.15) is 0 Å². The minimum atomic E-state index is 0.00337. The number of hydrogen-bond acceptors (Lipinski definition) is 3. The molecule has 1 aromatic heterocycles. The molecule has 0 aliphatic carbocycles. The van der Waals surface area contributed by atoms with Crippen LogP contribution in [-0.2, 0) is 9.59 Å². The monoisotopic (exact) mass is 318 g/mol. The lowest BCUT2D eigenvalue weighted by atomic mass is 9.98. The van der Waals surface area contributed by atoms with Gasteiger partial charge in [0.15, 0.2) is 0 Å². The Morgan fingerprint density at radius 1 is 1.43 bits per heavy atom. The lowest BCUT2D eigenvalue weighted by molar-refractivity contribution is -0.127. The molecule has 1 unspecified atom stereocenters. The summed E-state index contributed by atoms with van der Waals surface area (Å²) in [6.07, 6.45) is 6.74. The molecule has 2 rings (SSSR count). The van der Waals surface area contributed by atoms with Crippen molar-refractivity contribution in [3.05, 3.63) is 29.7 Å². The van der Waals surface area contributed by atoms with Crippen LogP contribution in [0.25, 0.3) is 6.08 Å². The van der Waals surface area contributed by atoms with Crippen LogP contribution < -0.4 is 5.32 Å². The van der Waals surface area contributed by atoms with Crippen molar-refractivity contribution in [2.45, 2.75) is 39.5 Å². The Morgan fingerprint density at radius 3 is 2.96 bits per heavy atom. The molecule has 1 N–H and O–H groups in total. The lowest BCUT2D eigenvalue weighted by Crippen LogP contribution is -2.43. The molecule has 0 spiro atoms. The highest BCUT2D eigenvalue weighted by Gasteiger charge is 2.22. The molecule has 0 aromatic carbocycles. The maximum atomic E-state index is 12.3. The standard InChI is InChI=1S/C18H26N2O3/c1-3-5-17(21)19-12-15-6-4-11-20(13-15)18(22)10-9-16-8-7-14(2)23-16/h7-10,15H,3-6,11-13H2,1-2H3,(H,19,21). The Labute approximate surface area is 137 Å². The molecular formula is C18H26N2O3. The van der Waals surface area contributed by atoms with Crippen LogP contribution in [0.15, 0.2) is 22.6 Å². The molecule has 1 atom stereocenters. The van der Waals surface area contributed by atoms with Crippen molar-refractivity contribution in [3.8, 4) is 0 Å². The largest absolute Gasteiger partial charge is 0.462 e. The predicted molar refractivity (Wildman–Crippen MR) is 89.7 cm³/mol. The van der Waals surface area contributed by atoms with Crippen molar-refractivity contribution in [1.29, 1.82) is 0 Å². The molecule has 2 amide bonds. The molecule has 5 nitrogen and oxygen atoms in total. The van der Waals surface area contributed by atoms with Gasteiger partial charge in [-0.15, -0.1) is 0 Å². The third-order valence-electron chi connectivity index (χ3n) is 4.05. The van der Waals surface area contributed by atoms with Crippen molar-refractivity contribution in [2.75, 3.05) is 19.6 Å². The van der Waals surface area contributed by atoms with Gasteiger partial charge in [-0.25, -0.2) is 0 Å². The highest BCUT2D eigenvalue weighted by Crippen LogP contribution is 2.17. The fourth-order valence-corrected chi connectivity index (χ4v) is 2.81. The Bertz CT molecular complexity index is 562. The average Bonchev–Trinajstić information content (AvgIpc) is 2.97. The summed E-state index contributed by atoms with van der Waals surface area (Å²) < 4.78 is 5.43. The van der Waals surface area contributed by atoms with Crippen LogP contribution in [0.3, 0.4) is 0 Å². The van der Waals surface area contributed by atoms with E-state index in [0.29, 0.717) is 31.2 Å². The van der Waals surface area contributed by atoms with Crippen LogP contribution in [0.2, 0.25) is 0 Å². The molecule has 126 valence electrons. The number of furan rings is 1. The molecule has 1 aliphatic rings. The normalized spacial score (nSPS) is 18.3. The topological polar surface area (TPSA) is 62.6 Å². The first kappa shape index (κ1) is 17.3. The second-order valence-corrected chi connectivity index (χ2v) is 6.13. The summed E-state index contributed by atoms with van der Waals surface area (Å²) in [5.41, 5.74) is 0. The van der Waals surface area contributed by atoms with Gasteiger partial charge >= 0.3 is 0 Å². The molecule has 23 heavy (non-hydrogen) atoms. The first-order valence-corrected chi connectivity index (χ1v) is 8.38. The summed E-state index contributed by atoms with van der Waals surface area (Å²) in [5.74, 6) is 1.97. The number of nitrogens with one attached hydrogen (secondary N) is 1. The SMILES string of the molecule is CCCC(=O)NCC1CCCN(C(=O)C=Cc2ccc(C)o2)C1. The number of nitrogens with zero attached hydrogens (tertiary/aromatic N) is 1. The van der Waals surface area contributed by atoms with Gasteiger partial charge in [0.05, 0.1) is 0 Å². The predicted octanol–water partition coefficient (Wildman–Crippen LogP) is 2.76. The van der Waals surface area contributed by atoms with Gasteiger partial charge in [0.2, 0.25) is 11.8 Å². The highest BCUT2D eigenvalue weighted by atomic mass is 16.3. The average molecular weight is 318 g/mol. The maximum Gasteiger partial charge on any atom is 0.246 e. The van der Waals surface area contributed by atoms with E-state index < -0.39 is 0 Å². The van der Waals surface area contributed by atoms with Crippen molar-refractivity contribution >= 4 is 17.9 Å². The quantitative estimate of drug-likeness (QED) is 0.820. The summed E-state index contributed by atoms with van der Waals surface area (Å²) in [6.45, 7) is 6.00. The second kappa shape index (κ2) is 8.56. The summed E-state index contributed by atoms with van der Waals surface area (Å²) in [5, 5.41) is 2.96. The van der Waals surface area contributed by atoms with Crippen molar-refractivity contribution < 1.29 is 14.0 Å². The number of piperidine rings is 1. The summed E-state index contributed by atoms with van der Waals surface area (Å²) in [7, 11) is 0. The zero-order valence-corrected chi connectivity index (χ0v) is 14.0. The van der Waals surface area contributed by atoms with E-state index >= 15 is 0 Å². The van der Waals surface area contributed by atoms with Gasteiger partial charge in [-0.05, 0) is 50.3 Å². The highest BCUT2D eigenvalue weighted by molar-refractivity contribution is 5.91. The zero-order valence-electron chi connectivity index (χ0n) is 14.0. The van der Waals surface area contributed by atoms with E-state index in [-0.39, 0.29) is 11.8 Å². The van der Waals surface area contributed by atoms with Gasteiger partial charge in [0, 0.05) is 32.1 Å². The molecule has 2 heterocycles. The van der Waals surface area contributed by atoms with E-state index in [9.17, 15) is 9.59 Å². The van der Waals surface area contributed by atoms with E-state index in [4.69, 9.17) is 4.42 Å². The van der Waals surface area contributed by atoms with Crippen LogP contribution in [0, 0.1) is 12.8 Å². The van der Waals surface area contributed by atoms with Crippen LogP contribution >= 0.6 is 0 Å². The number of rotatable bonds is 6. The molecule has 5 heteroatoms. The molecule has 1 saturated heterocycles. The van der Waals surface area contributed by atoms with E-state index in [0.717, 1.165) is 31.6 Å². The van der Waals surface area contributed by atoms with Crippen molar-refractivity contribution in [2.24, 2.45) is 5.92 Å². The minimum Gasteiger partial charge on any atom is -0.462 e. The number of likely N-dealkylation sites (tertiary alicyclic amines) is 1. The van der Waals surface area contributed by atoms with Gasteiger partial charge in [0.1, 0.15) is 11.5 Å². The van der Waals surface area contributed by atoms with Crippen molar-refractivity contribution in [1.82, 2.24) is 10.2 Å². The van der Waals surface area contributed by atoms with E-state index in [1.165, 1.54) is 0 Å². The van der Waals surface area contributed by atoms with E-state index in [1.54, 1.807) is 12.2 Å². The Balaban J connectivity index is 1.81. The first-order chi connectivity index (χ1) is 11.1. The number of carbonyl (C=O) groups excluding carboxylic acids is 2. The lowest BCUT2D eigenvalue weighted by Gasteiger charge is -2.32. The zero-order chi connectivity index (χ0) is 16.7. The minimum absolute atomic E-state index is 0.00337. The molecule has 0 saturated carbocycles. The molecule has 0 radical (unpaired) electrons. The van der Waals surface area contributed by atoms with Crippen LogP contribution in [0.1, 0.15) is 44.1 Å². The molecule has 0 bridgehead atoms. The van der Waals surface area contributed by atoms with Crippen LogP contribution in [-0.4, -0.2) is 36.3 Å². The third-order valence-corrected chi connectivity index (χ3v) is 4.05. The summed E-state index contributed by atoms with van der Waals surface area (Å²) in [6, 6.07) is 3.72. The van der Waals surface area contributed by atoms with Crippen LogP contribution in [0.5, 0.6) is 0 Å². The van der Waals surface area contributed by atoms with Gasteiger partial charge in [0.25, 0.3) is 0 Å². The smallest absolute Gasteiger partial charge is 0.246 e. The Kier molecular flexibility index (Phi) is 6.44. The van der Waals surface area contributed by atoms with E-state index in [1.807, 2.05) is 30.9 Å². The van der Waals surface area contributed by atoms with Gasteiger partial charge in [-0.3, -0.25) is 9.59 Å². The third kappa shape index (κ3) is 5.58. The second-order valence-electron chi connectivity index (χ2n) is 6.13. The number of hydrogen-bond donors (Lipinski definition) is 1. The maximum absolute atomic E-state index is 12.3. The molecule has 1 aliphatic heterocycles. The number of amides is 2. The van der Waals surface area contributed by atoms with Crippen molar-refractivity contribution in [3.63, 3.8) is 0 Å². The fraction of sp³-hybridized carbons (Fsp3) is 0.556. The summed E-state index contributed by atoms with van der Waals surface area (Å²) >= 11 is 0. The number of carbonyl (C=O) groups is 2. The Morgan fingerprint density at radius 2 is 2.26 bits per heavy atom.